The van der Waals surface area contributed by atoms with Gasteiger partial charge in [-0.25, -0.2) is 4.98 Å². The van der Waals surface area contributed by atoms with E-state index >= 15 is 0 Å². The molecular formula is C16H26N4S. The number of nitrogens with zero attached hydrogens (tertiary/aromatic N) is 3. The molecule has 0 saturated heterocycles. The van der Waals surface area contributed by atoms with Gasteiger partial charge in [0.1, 0.15) is 10.6 Å². The first-order chi connectivity index (χ1) is 9.92. The maximum atomic E-state index is 4.79. The molecule has 2 heterocycles. The molecule has 0 aliphatic heterocycles. The van der Waals surface area contributed by atoms with E-state index in [9.17, 15) is 0 Å². The first-order valence-electron chi connectivity index (χ1n) is 7.71. The molecule has 0 amide bonds. The SMILES string of the molecule is CCNc1nc(N(CC(C)C)C(C)C)c2cc(C)sc2n1. The molecule has 0 aromatic carbocycles. The number of fused-ring (bicyclic) bond motifs is 1. The fourth-order valence-electron chi connectivity index (χ4n) is 2.42. The van der Waals surface area contributed by atoms with Gasteiger partial charge in [-0.3, -0.25) is 0 Å². The lowest BCUT2D eigenvalue weighted by Gasteiger charge is -2.30. The van der Waals surface area contributed by atoms with Gasteiger partial charge in [0.2, 0.25) is 5.95 Å². The van der Waals surface area contributed by atoms with E-state index in [4.69, 9.17) is 4.98 Å². The average Bonchev–Trinajstić information content (AvgIpc) is 2.75. The molecule has 5 heteroatoms. The van der Waals surface area contributed by atoms with Crippen LogP contribution in [0, 0.1) is 12.8 Å². The van der Waals surface area contributed by atoms with Crippen LogP contribution in [0.5, 0.6) is 0 Å². The van der Waals surface area contributed by atoms with Crippen molar-refractivity contribution in [2.45, 2.75) is 47.6 Å². The van der Waals surface area contributed by atoms with Crippen LogP contribution in [0.25, 0.3) is 10.2 Å². The molecule has 0 bridgehead atoms. The first-order valence-corrected chi connectivity index (χ1v) is 8.52. The van der Waals surface area contributed by atoms with Crippen molar-refractivity contribution in [1.29, 1.82) is 0 Å². The minimum absolute atomic E-state index is 0.417. The summed E-state index contributed by atoms with van der Waals surface area (Å²) in [5.41, 5.74) is 0. The third-order valence-electron chi connectivity index (χ3n) is 3.29. The van der Waals surface area contributed by atoms with Gasteiger partial charge in [0, 0.05) is 24.0 Å². The summed E-state index contributed by atoms with van der Waals surface area (Å²) in [6.07, 6.45) is 0. The zero-order valence-corrected chi connectivity index (χ0v) is 14.7. The van der Waals surface area contributed by atoms with Crippen LogP contribution >= 0.6 is 11.3 Å². The molecule has 0 unspecified atom stereocenters. The van der Waals surface area contributed by atoms with Crippen LogP contribution in [0.1, 0.15) is 39.5 Å². The second-order valence-corrected chi connectivity index (χ2v) is 7.35. The molecule has 0 radical (unpaired) electrons. The number of rotatable bonds is 6. The summed E-state index contributed by atoms with van der Waals surface area (Å²) in [6.45, 7) is 15.0. The Balaban J connectivity index is 2.57. The minimum atomic E-state index is 0.417. The van der Waals surface area contributed by atoms with Crippen LogP contribution in [0.15, 0.2) is 6.07 Å². The number of aromatic nitrogens is 2. The second kappa shape index (κ2) is 6.60. The lowest BCUT2D eigenvalue weighted by Crippen LogP contribution is -2.35. The number of nitrogens with one attached hydrogen (secondary N) is 1. The summed E-state index contributed by atoms with van der Waals surface area (Å²) in [5.74, 6) is 2.39. The fraction of sp³-hybridized carbons (Fsp3) is 0.625. The van der Waals surface area contributed by atoms with Gasteiger partial charge in [-0.2, -0.15) is 4.98 Å². The summed E-state index contributed by atoms with van der Waals surface area (Å²) in [6, 6.07) is 2.63. The maximum Gasteiger partial charge on any atom is 0.226 e. The Morgan fingerprint density at radius 3 is 2.52 bits per heavy atom. The predicted molar refractivity (Wildman–Crippen MR) is 93.6 cm³/mol. The van der Waals surface area contributed by atoms with Crippen molar-refractivity contribution in [2.24, 2.45) is 5.92 Å². The van der Waals surface area contributed by atoms with Crippen molar-refractivity contribution in [2.75, 3.05) is 23.3 Å². The second-order valence-electron chi connectivity index (χ2n) is 6.12. The quantitative estimate of drug-likeness (QED) is 0.864. The third-order valence-corrected chi connectivity index (χ3v) is 4.23. The van der Waals surface area contributed by atoms with Crippen LogP contribution in [0.4, 0.5) is 11.8 Å². The Bertz CT molecular complexity index is 604. The van der Waals surface area contributed by atoms with Crippen molar-refractivity contribution >= 4 is 33.3 Å². The largest absolute Gasteiger partial charge is 0.354 e. The maximum absolute atomic E-state index is 4.79. The first kappa shape index (κ1) is 16.0. The molecule has 2 rings (SSSR count). The monoisotopic (exact) mass is 306 g/mol. The molecule has 0 fully saturated rings. The average molecular weight is 306 g/mol. The van der Waals surface area contributed by atoms with Gasteiger partial charge < -0.3 is 10.2 Å². The Kier molecular flexibility index (Phi) is 5.04. The molecule has 2 aromatic rings. The van der Waals surface area contributed by atoms with Gasteiger partial charge >= 0.3 is 0 Å². The predicted octanol–water partition coefficient (Wildman–Crippen LogP) is 4.30. The Hall–Kier alpha value is -1.36. The van der Waals surface area contributed by atoms with Crippen molar-refractivity contribution in [1.82, 2.24) is 9.97 Å². The van der Waals surface area contributed by atoms with E-state index in [0.29, 0.717) is 12.0 Å². The molecule has 2 aromatic heterocycles. The lowest BCUT2D eigenvalue weighted by atomic mass is 10.1. The van der Waals surface area contributed by atoms with Crippen LogP contribution in [-0.4, -0.2) is 29.1 Å². The molecule has 0 atom stereocenters. The molecule has 0 saturated carbocycles. The van der Waals surface area contributed by atoms with E-state index in [1.54, 1.807) is 11.3 Å². The highest BCUT2D eigenvalue weighted by Crippen LogP contribution is 2.33. The Labute approximate surface area is 131 Å². The highest BCUT2D eigenvalue weighted by atomic mass is 32.1. The summed E-state index contributed by atoms with van der Waals surface area (Å²) in [5, 5.41) is 4.43. The van der Waals surface area contributed by atoms with Gasteiger partial charge in [0.15, 0.2) is 0 Å². The van der Waals surface area contributed by atoms with Crippen molar-refractivity contribution in [3.8, 4) is 0 Å². The van der Waals surface area contributed by atoms with Crippen LogP contribution in [-0.2, 0) is 0 Å². The van der Waals surface area contributed by atoms with Crippen LogP contribution in [0.2, 0.25) is 0 Å². The van der Waals surface area contributed by atoms with E-state index in [1.807, 2.05) is 0 Å². The van der Waals surface area contributed by atoms with E-state index in [0.717, 1.165) is 29.7 Å². The summed E-state index contributed by atoms with van der Waals surface area (Å²) < 4.78 is 0. The van der Waals surface area contributed by atoms with Crippen molar-refractivity contribution in [3.63, 3.8) is 0 Å². The molecule has 0 aliphatic carbocycles. The lowest BCUT2D eigenvalue weighted by molar-refractivity contribution is 0.567. The number of aryl methyl sites for hydroxylation is 1. The summed E-state index contributed by atoms with van der Waals surface area (Å²) in [7, 11) is 0. The third kappa shape index (κ3) is 3.64. The van der Waals surface area contributed by atoms with E-state index in [2.05, 4.69) is 62.8 Å². The fourth-order valence-corrected chi connectivity index (χ4v) is 3.29. The summed E-state index contributed by atoms with van der Waals surface area (Å²) >= 11 is 1.74. The minimum Gasteiger partial charge on any atom is -0.354 e. The van der Waals surface area contributed by atoms with Gasteiger partial charge in [0.05, 0.1) is 5.39 Å². The van der Waals surface area contributed by atoms with Crippen LogP contribution < -0.4 is 10.2 Å². The van der Waals surface area contributed by atoms with Gasteiger partial charge in [-0.1, -0.05) is 13.8 Å². The zero-order valence-electron chi connectivity index (χ0n) is 13.9. The number of hydrogen-bond donors (Lipinski definition) is 1. The van der Waals surface area contributed by atoms with E-state index < -0.39 is 0 Å². The van der Waals surface area contributed by atoms with E-state index in [1.165, 1.54) is 10.3 Å². The van der Waals surface area contributed by atoms with Gasteiger partial charge in [-0.15, -0.1) is 11.3 Å². The molecular weight excluding hydrogens is 280 g/mol. The van der Waals surface area contributed by atoms with Crippen LogP contribution in [0.3, 0.4) is 0 Å². The normalized spacial score (nSPS) is 11.6. The zero-order chi connectivity index (χ0) is 15.6. The Morgan fingerprint density at radius 1 is 1.24 bits per heavy atom. The molecule has 1 N–H and O–H groups in total. The molecule has 0 spiro atoms. The van der Waals surface area contributed by atoms with Gasteiger partial charge in [-0.05, 0) is 39.7 Å². The highest BCUT2D eigenvalue weighted by molar-refractivity contribution is 7.18. The standard InChI is InChI=1S/C16H26N4S/c1-7-17-16-18-14(20(11(4)5)9-10(2)3)13-8-12(6)21-15(13)19-16/h8,10-11H,7,9H2,1-6H3,(H,17,18,19). The smallest absolute Gasteiger partial charge is 0.226 e. The van der Waals surface area contributed by atoms with Crippen molar-refractivity contribution < 1.29 is 0 Å². The molecule has 0 aliphatic rings. The highest BCUT2D eigenvalue weighted by Gasteiger charge is 2.19. The van der Waals surface area contributed by atoms with Gasteiger partial charge in [0.25, 0.3) is 0 Å². The molecule has 4 nitrogen and oxygen atoms in total. The number of thiophene rings is 1. The number of anilines is 2. The Morgan fingerprint density at radius 2 is 1.95 bits per heavy atom. The van der Waals surface area contributed by atoms with Crippen molar-refractivity contribution in [3.05, 3.63) is 10.9 Å². The molecule has 116 valence electrons. The summed E-state index contributed by atoms with van der Waals surface area (Å²) in [4.78, 5) is 14.2. The molecule has 21 heavy (non-hydrogen) atoms. The number of hydrogen-bond acceptors (Lipinski definition) is 5. The topological polar surface area (TPSA) is 41.1 Å². The van der Waals surface area contributed by atoms with E-state index in [-0.39, 0.29) is 0 Å².